The molecule has 0 radical (unpaired) electrons. The first-order valence-electron chi connectivity index (χ1n) is 2.09. The Kier molecular flexibility index (Phi) is 9.50. The van der Waals surface area contributed by atoms with Crippen molar-refractivity contribution < 1.29 is 5.11 Å². The molecule has 0 spiro atoms. The van der Waals surface area contributed by atoms with Crippen LogP contribution in [0.4, 0.5) is 0 Å². The third-order valence-electron chi connectivity index (χ3n) is 0.527. The molecular weight excluding hydrogens is 158 g/mol. The van der Waals surface area contributed by atoms with Crippen molar-refractivity contribution in [2.45, 2.75) is 24.8 Å². The number of rotatable bonds is 2. The summed E-state index contributed by atoms with van der Waals surface area (Å²) in [7, 11) is 0. The average molecular weight is 170 g/mol. The lowest BCUT2D eigenvalue weighted by molar-refractivity contribution is 0.258. The van der Waals surface area contributed by atoms with E-state index in [1.165, 1.54) is 0 Å². The van der Waals surface area contributed by atoms with Crippen molar-refractivity contribution in [3.8, 4) is 0 Å². The minimum atomic E-state index is -0.289. The van der Waals surface area contributed by atoms with Gasteiger partial charge in [-0.15, -0.1) is 0 Å². The zero-order valence-corrected chi connectivity index (χ0v) is 6.11. The molecule has 4 N–H and O–H groups in total. The highest BCUT2D eigenvalue weighted by Crippen LogP contribution is 2.01. The standard InChI is InChI=1S/C4H9BrO.H3N/c1-2-3-4(5)6;/h4,6H,2-3H2,1H3;1H3. The molecule has 7 heavy (non-hydrogen) atoms. The van der Waals surface area contributed by atoms with Gasteiger partial charge in [0.1, 0.15) is 5.01 Å². The Morgan fingerprint density at radius 3 is 2.14 bits per heavy atom. The van der Waals surface area contributed by atoms with Crippen molar-refractivity contribution in [3.63, 3.8) is 0 Å². The van der Waals surface area contributed by atoms with Crippen molar-refractivity contribution in [3.05, 3.63) is 0 Å². The molecule has 0 aliphatic heterocycles. The Morgan fingerprint density at radius 1 is 1.71 bits per heavy atom. The molecule has 0 aromatic rings. The maximum atomic E-state index is 8.47. The van der Waals surface area contributed by atoms with Gasteiger partial charge in [0, 0.05) is 0 Å². The zero-order valence-electron chi connectivity index (χ0n) is 4.52. The van der Waals surface area contributed by atoms with Crippen molar-refractivity contribution in [1.29, 1.82) is 0 Å². The third kappa shape index (κ3) is 10.7. The van der Waals surface area contributed by atoms with Crippen LogP contribution in [0.1, 0.15) is 19.8 Å². The molecule has 0 amide bonds. The van der Waals surface area contributed by atoms with Crippen LogP contribution in [-0.4, -0.2) is 10.1 Å². The molecule has 2 nitrogen and oxygen atoms in total. The molecule has 0 heterocycles. The predicted octanol–water partition coefficient (Wildman–Crippen LogP) is 1.66. The van der Waals surface area contributed by atoms with Crippen LogP contribution in [0.15, 0.2) is 0 Å². The van der Waals surface area contributed by atoms with E-state index in [-0.39, 0.29) is 11.2 Å². The van der Waals surface area contributed by atoms with E-state index in [4.69, 9.17) is 5.11 Å². The fraction of sp³-hybridized carbons (Fsp3) is 1.00. The van der Waals surface area contributed by atoms with Crippen molar-refractivity contribution in [2.75, 3.05) is 0 Å². The van der Waals surface area contributed by atoms with E-state index >= 15 is 0 Å². The van der Waals surface area contributed by atoms with Gasteiger partial charge in [-0.1, -0.05) is 29.3 Å². The van der Waals surface area contributed by atoms with Crippen LogP contribution in [0.25, 0.3) is 0 Å². The van der Waals surface area contributed by atoms with Crippen molar-refractivity contribution in [1.82, 2.24) is 6.15 Å². The van der Waals surface area contributed by atoms with E-state index in [1.54, 1.807) is 0 Å². The third-order valence-corrected chi connectivity index (χ3v) is 0.985. The highest BCUT2D eigenvalue weighted by atomic mass is 79.9. The Balaban J connectivity index is 0. The van der Waals surface area contributed by atoms with Crippen LogP contribution in [-0.2, 0) is 0 Å². The van der Waals surface area contributed by atoms with Crippen LogP contribution >= 0.6 is 15.9 Å². The average Bonchev–Trinajstić information content (AvgIpc) is 1.35. The van der Waals surface area contributed by atoms with Gasteiger partial charge in [-0.05, 0) is 6.42 Å². The Morgan fingerprint density at radius 2 is 2.14 bits per heavy atom. The summed E-state index contributed by atoms with van der Waals surface area (Å²) in [6, 6.07) is 0. The molecule has 0 aliphatic rings. The molecule has 0 rings (SSSR count). The van der Waals surface area contributed by atoms with Crippen LogP contribution < -0.4 is 6.15 Å². The van der Waals surface area contributed by atoms with E-state index in [0.29, 0.717) is 0 Å². The molecule has 0 saturated heterocycles. The Hall–Kier alpha value is 0.400. The van der Waals surface area contributed by atoms with Crippen LogP contribution in [0.2, 0.25) is 0 Å². The monoisotopic (exact) mass is 169 g/mol. The topological polar surface area (TPSA) is 55.2 Å². The van der Waals surface area contributed by atoms with Gasteiger partial charge in [0.05, 0.1) is 0 Å². The number of halogens is 1. The SMILES string of the molecule is CCCC(O)Br.N. The predicted molar refractivity (Wildman–Crippen MR) is 34.9 cm³/mol. The first kappa shape index (κ1) is 10.4. The highest BCUT2D eigenvalue weighted by Gasteiger charge is 1.89. The quantitative estimate of drug-likeness (QED) is 0.619. The molecule has 46 valence electrons. The molecule has 0 aromatic carbocycles. The van der Waals surface area contributed by atoms with Crippen LogP contribution in [0.5, 0.6) is 0 Å². The normalized spacial score (nSPS) is 12.4. The highest BCUT2D eigenvalue weighted by molar-refractivity contribution is 9.09. The second-order valence-corrected chi connectivity index (χ2v) is 2.28. The van der Waals surface area contributed by atoms with E-state index in [9.17, 15) is 0 Å². The number of hydrogen-bond donors (Lipinski definition) is 2. The van der Waals surface area contributed by atoms with E-state index in [0.717, 1.165) is 12.8 Å². The molecule has 3 heteroatoms. The van der Waals surface area contributed by atoms with Gasteiger partial charge in [-0.3, -0.25) is 0 Å². The molecule has 0 fully saturated rings. The van der Waals surface area contributed by atoms with Gasteiger partial charge < -0.3 is 11.3 Å². The Bertz CT molecular complexity index is 32.9. The summed E-state index contributed by atoms with van der Waals surface area (Å²) in [6.07, 6.45) is 1.88. The smallest absolute Gasteiger partial charge is 0.109 e. The van der Waals surface area contributed by atoms with Crippen LogP contribution in [0, 0.1) is 0 Å². The number of hydrogen-bond acceptors (Lipinski definition) is 2. The van der Waals surface area contributed by atoms with Gasteiger partial charge in [0.2, 0.25) is 0 Å². The first-order valence-corrected chi connectivity index (χ1v) is 3.01. The summed E-state index contributed by atoms with van der Waals surface area (Å²) in [5.41, 5.74) is 0. The first-order chi connectivity index (χ1) is 2.77. The van der Waals surface area contributed by atoms with Gasteiger partial charge in [0.15, 0.2) is 0 Å². The fourth-order valence-electron chi connectivity index (χ4n) is 0.238. The van der Waals surface area contributed by atoms with E-state index in [2.05, 4.69) is 15.9 Å². The van der Waals surface area contributed by atoms with E-state index in [1.807, 2.05) is 6.92 Å². The summed E-state index contributed by atoms with van der Waals surface area (Å²) in [5, 5.41) is 8.18. The molecule has 0 aromatic heterocycles. The minimum Gasteiger partial charge on any atom is -0.382 e. The summed E-state index contributed by atoms with van der Waals surface area (Å²) in [6.45, 7) is 2.03. The second kappa shape index (κ2) is 6.40. The second-order valence-electron chi connectivity index (χ2n) is 1.22. The largest absolute Gasteiger partial charge is 0.382 e. The van der Waals surface area contributed by atoms with Gasteiger partial charge in [-0.2, -0.15) is 0 Å². The van der Waals surface area contributed by atoms with Gasteiger partial charge >= 0.3 is 0 Å². The maximum Gasteiger partial charge on any atom is 0.109 e. The summed E-state index contributed by atoms with van der Waals surface area (Å²) in [5.74, 6) is 0. The van der Waals surface area contributed by atoms with Crippen molar-refractivity contribution >= 4 is 15.9 Å². The maximum absolute atomic E-state index is 8.47. The minimum absolute atomic E-state index is 0. The van der Waals surface area contributed by atoms with Gasteiger partial charge in [0.25, 0.3) is 0 Å². The molecule has 1 unspecified atom stereocenters. The van der Waals surface area contributed by atoms with E-state index < -0.39 is 0 Å². The summed E-state index contributed by atoms with van der Waals surface area (Å²) >= 11 is 2.99. The lowest BCUT2D eigenvalue weighted by Crippen LogP contribution is -1.90. The molecule has 0 bridgehead atoms. The molecular formula is C4H12BrNO. The number of aliphatic hydroxyl groups excluding tert-OH is 1. The Labute approximate surface area is 52.6 Å². The number of aliphatic hydroxyl groups is 1. The van der Waals surface area contributed by atoms with Gasteiger partial charge in [-0.25, -0.2) is 0 Å². The number of alkyl halides is 1. The van der Waals surface area contributed by atoms with Crippen LogP contribution in [0.3, 0.4) is 0 Å². The lowest BCUT2D eigenvalue weighted by atomic mass is 10.4. The molecule has 1 atom stereocenters. The zero-order chi connectivity index (χ0) is 4.99. The summed E-state index contributed by atoms with van der Waals surface area (Å²) in [4.78, 5) is 0. The molecule has 0 saturated carbocycles. The van der Waals surface area contributed by atoms with Crippen molar-refractivity contribution in [2.24, 2.45) is 0 Å². The fourth-order valence-corrected chi connectivity index (χ4v) is 0.696. The lowest BCUT2D eigenvalue weighted by Gasteiger charge is -1.93. The molecule has 0 aliphatic carbocycles. The summed E-state index contributed by atoms with van der Waals surface area (Å²) < 4.78 is 0.